The summed E-state index contributed by atoms with van der Waals surface area (Å²) >= 11 is 1.08. The first-order valence-corrected chi connectivity index (χ1v) is 21.5. The van der Waals surface area contributed by atoms with Crippen molar-refractivity contribution in [3.8, 4) is 0 Å². The summed E-state index contributed by atoms with van der Waals surface area (Å²) in [5, 5.41) is 27.0. The maximum absolute atomic E-state index is 12.1. The van der Waals surface area contributed by atoms with E-state index in [0.29, 0.717) is 22.7 Å². The van der Waals surface area contributed by atoms with Crippen LogP contribution >= 0.6 is 12.0 Å². The van der Waals surface area contributed by atoms with Crippen molar-refractivity contribution >= 4 is 78.3 Å². The highest BCUT2D eigenvalue weighted by Gasteiger charge is 2.16. The predicted octanol–water partition coefficient (Wildman–Crippen LogP) is 8.56. The van der Waals surface area contributed by atoms with Gasteiger partial charge in [0.05, 0.1) is 50.3 Å². The fourth-order valence-electron chi connectivity index (χ4n) is 3.57. The minimum atomic E-state index is -3.88. The van der Waals surface area contributed by atoms with Gasteiger partial charge in [-0.05, 0) is 72.8 Å². The first kappa shape index (κ1) is 52.7. The molecule has 0 aliphatic rings. The van der Waals surface area contributed by atoms with Crippen LogP contribution in [0.2, 0.25) is 0 Å². The molecule has 0 atom stereocenters. The summed E-state index contributed by atoms with van der Waals surface area (Å²) in [5.41, 5.74) is 4.10. The van der Waals surface area contributed by atoms with E-state index in [1.54, 1.807) is 83.2 Å². The molecule has 1 heterocycles. The third-order valence-corrected chi connectivity index (χ3v) is 7.95. The van der Waals surface area contributed by atoms with E-state index < -0.39 is 26.0 Å². The summed E-state index contributed by atoms with van der Waals surface area (Å²) in [4.78, 5) is 17.0. The van der Waals surface area contributed by atoms with Gasteiger partial charge in [-0.2, -0.15) is 52.2 Å². The summed E-state index contributed by atoms with van der Waals surface area (Å²) in [6, 6.07) is 33.1. The Hall–Kier alpha value is -5.34. The number of aromatic nitrogens is 3. The average Bonchev–Trinajstić information content (AvgIpc) is 3.24. The van der Waals surface area contributed by atoms with Crippen LogP contribution in [0.4, 0.5) is 46.0 Å². The maximum Gasteiger partial charge on any atom is 0.274 e. The average molecular weight is 892 g/mol. The van der Waals surface area contributed by atoms with Gasteiger partial charge < -0.3 is 20.1 Å². The molecule has 0 saturated carbocycles. The smallest absolute Gasteiger partial charge is 0.274 e. The summed E-state index contributed by atoms with van der Waals surface area (Å²) < 4.78 is 64.9. The summed E-state index contributed by atoms with van der Waals surface area (Å²) in [6.45, 7) is 0. The van der Waals surface area contributed by atoms with Gasteiger partial charge in [0.1, 0.15) is 5.75 Å². The Morgan fingerprint density at radius 3 is 1.18 bits per heavy atom. The molecule has 0 unspecified atom stereocenters. The Kier molecular flexibility index (Phi) is 26.9. The van der Waals surface area contributed by atoms with Crippen molar-refractivity contribution in [3.63, 3.8) is 0 Å². The number of hydrogen-bond acceptors (Lipinski definition) is 21. The van der Waals surface area contributed by atoms with Gasteiger partial charge in [0.2, 0.25) is 11.9 Å². The molecule has 60 heavy (non-hydrogen) atoms. The molecule has 1 aromatic heterocycles. The molecule has 5 aromatic rings. The minimum Gasteiger partial charge on any atom is -0.388 e. The molecule has 2 N–H and O–H groups in total. The van der Waals surface area contributed by atoms with Gasteiger partial charge in [0.25, 0.3) is 20.2 Å². The lowest BCUT2D eigenvalue weighted by molar-refractivity contribution is -0.447. The second kappa shape index (κ2) is 30.7. The second-order valence-corrected chi connectivity index (χ2v) is 14.8. The Morgan fingerprint density at radius 1 is 0.550 bits per heavy atom. The number of rotatable bonds is 15. The third-order valence-electron chi connectivity index (χ3n) is 6.03. The highest BCUT2D eigenvalue weighted by atomic mass is 32.2. The largest absolute Gasteiger partial charge is 0.388 e. The molecule has 5 rings (SSSR count). The van der Waals surface area contributed by atoms with E-state index in [0.717, 1.165) is 43.9 Å². The van der Waals surface area contributed by atoms with Crippen LogP contribution in [0.3, 0.4) is 0 Å². The zero-order valence-electron chi connectivity index (χ0n) is 34.4. The quantitative estimate of drug-likeness (QED) is 0.0249. The lowest BCUT2D eigenvalue weighted by atomic mass is 10.3. The van der Waals surface area contributed by atoms with Crippen molar-refractivity contribution < 1.29 is 48.9 Å². The molecule has 326 valence electrons. The Labute approximate surface area is 355 Å². The van der Waals surface area contributed by atoms with Crippen molar-refractivity contribution in [1.82, 2.24) is 15.0 Å². The van der Waals surface area contributed by atoms with Crippen molar-refractivity contribution in [2.45, 2.75) is 5.75 Å². The molecule has 23 heteroatoms. The molecule has 0 aliphatic heterocycles. The number of hydrogen-bond donors (Lipinski definition) is 2. The summed E-state index contributed by atoms with van der Waals surface area (Å²) in [6.07, 6.45) is 2.71. The van der Waals surface area contributed by atoms with E-state index >= 15 is 0 Å². The van der Waals surface area contributed by atoms with E-state index in [-0.39, 0.29) is 17.7 Å². The summed E-state index contributed by atoms with van der Waals surface area (Å²) in [7, 11) is 3.04. The SMILES string of the molecule is COC.COC.COOOSC.COS(=O)(=O)Cc1nc(Nc2ccc(N=Nc3ccccc3)cc2)nc(Nc2ccc(N=Nc3ccccc3)cc2)n1.COS(C)(=O)=O. The van der Waals surface area contributed by atoms with Gasteiger partial charge in [-0.25, -0.2) is 4.89 Å². The highest BCUT2D eigenvalue weighted by Crippen LogP contribution is 2.24. The Bertz CT molecular complexity index is 2060. The van der Waals surface area contributed by atoms with Gasteiger partial charge in [0, 0.05) is 58.1 Å². The zero-order valence-corrected chi connectivity index (χ0v) is 36.9. The number of nitrogens with one attached hydrogen (secondary N) is 2. The number of anilines is 4. The Balaban J connectivity index is 0.000000843. The molecule has 0 radical (unpaired) electrons. The van der Waals surface area contributed by atoms with E-state index in [2.05, 4.69) is 78.1 Å². The van der Waals surface area contributed by atoms with Gasteiger partial charge in [-0.15, -0.1) is 4.33 Å². The van der Waals surface area contributed by atoms with Crippen molar-refractivity contribution in [3.05, 3.63) is 115 Å². The van der Waals surface area contributed by atoms with Gasteiger partial charge >= 0.3 is 0 Å². The zero-order chi connectivity index (χ0) is 44.7. The molecule has 4 aromatic carbocycles. The number of azo groups is 2. The molecule has 0 spiro atoms. The lowest BCUT2D eigenvalue weighted by Crippen LogP contribution is -2.12. The lowest BCUT2D eigenvalue weighted by Gasteiger charge is -2.11. The molecule has 0 amide bonds. The second-order valence-electron chi connectivity index (χ2n) is 10.8. The van der Waals surface area contributed by atoms with Crippen LogP contribution in [0.15, 0.2) is 130 Å². The molecule has 20 nitrogen and oxygen atoms in total. The van der Waals surface area contributed by atoms with Gasteiger partial charge in [-0.3, -0.25) is 8.37 Å². The Morgan fingerprint density at radius 2 is 0.900 bits per heavy atom. The first-order valence-electron chi connectivity index (χ1n) is 16.9. The van der Waals surface area contributed by atoms with Gasteiger partial charge in [-0.1, -0.05) is 41.4 Å². The van der Waals surface area contributed by atoms with Crippen LogP contribution < -0.4 is 10.6 Å². The van der Waals surface area contributed by atoms with Crippen LogP contribution in [-0.2, 0) is 58.1 Å². The summed E-state index contributed by atoms with van der Waals surface area (Å²) in [5.74, 6) is -0.257. The molecule has 0 fully saturated rings. The van der Waals surface area contributed by atoms with Gasteiger partial charge in [0.15, 0.2) is 5.82 Å². The van der Waals surface area contributed by atoms with Crippen LogP contribution in [-0.4, -0.2) is 94.1 Å². The molecular formula is C37H49N9O11S3. The van der Waals surface area contributed by atoms with E-state index in [1.165, 1.54) is 7.11 Å². The predicted molar refractivity (Wildman–Crippen MR) is 231 cm³/mol. The highest BCUT2D eigenvalue weighted by molar-refractivity contribution is 7.93. The topological polar surface area (TPSA) is 245 Å². The van der Waals surface area contributed by atoms with E-state index in [1.807, 2.05) is 60.7 Å². The van der Waals surface area contributed by atoms with Crippen molar-refractivity contribution in [2.24, 2.45) is 20.5 Å². The fourth-order valence-corrected chi connectivity index (χ4v) is 4.24. The molecule has 0 saturated heterocycles. The number of benzene rings is 4. The standard InChI is InChI=1S/C29H25N9O3S.2C2H6O3S.2C2H6O/c1-41-42(39,40)20-27-32-28(30-21-12-16-25(17-13-21)37-35-23-8-4-2-5-9-23)34-29(33-27)31-22-14-18-26(19-15-22)38-36-24-10-6-3-7-11-24;1-5-6(2,3)4;1-3-4-5-6-2;2*1-3-2/h2-19H,20H2,1H3,(H2,30,31,32,33,34);2*1-2H3;2*1-2H3. The van der Waals surface area contributed by atoms with Crippen LogP contribution in [0.1, 0.15) is 5.82 Å². The van der Waals surface area contributed by atoms with Crippen molar-refractivity contribution in [2.75, 3.05) is 72.9 Å². The first-order chi connectivity index (χ1) is 28.7. The van der Waals surface area contributed by atoms with E-state index in [9.17, 15) is 16.8 Å². The molecule has 0 bridgehead atoms. The van der Waals surface area contributed by atoms with Crippen molar-refractivity contribution in [1.29, 1.82) is 0 Å². The number of methoxy groups -OCH3 is 2. The maximum atomic E-state index is 12.1. The molecular weight excluding hydrogens is 843 g/mol. The van der Waals surface area contributed by atoms with Crippen LogP contribution in [0.5, 0.6) is 0 Å². The normalized spacial score (nSPS) is 10.8. The van der Waals surface area contributed by atoms with Crippen LogP contribution in [0.25, 0.3) is 0 Å². The van der Waals surface area contributed by atoms with Crippen LogP contribution in [0, 0.1) is 0 Å². The third kappa shape index (κ3) is 25.2. The monoisotopic (exact) mass is 891 g/mol. The minimum absolute atomic E-state index is 0.00147. The molecule has 0 aliphatic carbocycles. The number of ether oxygens (including phenoxy) is 2. The van der Waals surface area contributed by atoms with E-state index in [4.69, 9.17) is 0 Å². The number of nitrogens with zero attached hydrogens (tertiary/aromatic N) is 7. The fraction of sp³-hybridized carbons (Fsp3) is 0.270.